The number of hydrogen-bond donors (Lipinski definition) is 1. The van der Waals surface area contributed by atoms with Crippen LogP contribution in [0.5, 0.6) is 0 Å². The minimum Gasteiger partial charge on any atom is -0.355 e. The SMILES string of the molecule is C=C(Nc1c(C)c(C)c(C)c(C)c1C)c1cccc([N+](=O)[O-])c1. The normalized spacial score (nSPS) is 10.5. The molecular weight excluding hydrogens is 288 g/mol. The zero-order valence-corrected chi connectivity index (χ0v) is 14.3. The maximum atomic E-state index is 10.9. The Hall–Kier alpha value is -2.62. The molecule has 2 aromatic rings. The number of nitro groups is 1. The van der Waals surface area contributed by atoms with Gasteiger partial charge in [-0.2, -0.15) is 0 Å². The van der Waals surface area contributed by atoms with Gasteiger partial charge in [0.2, 0.25) is 0 Å². The molecule has 4 heteroatoms. The zero-order valence-electron chi connectivity index (χ0n) is 14.3. The summed E-state index contributed by atoms with van der Waals surface area (Å²) >= 11 is 0. The van der Waals surface area contributed by atoms with E-state index in [-0.39, 0.29) is 5.69 Å². The second-order valence-corrected chi connectivity index (χ2v) is 5.91. The van der Waals surface area contributed by atoms with Crippen LogP contribution in [-0.4, -0.2) is 4.92 Å². The first kappa shape index (κ1) is 16.7. The van der Waals surface area contributed by atoms with Gasteiger partial charge in [0, 0.05) is 29.1 Å². The Morgan fingerprint density at radius 3 is 2.04 bits per heavy atom. The van der Waals surface area contributed by atoms with Crippen LogP contribution in [0.3, 0.4) is 0 Å². The van der Waals surface area contributed by atoms with Crippen molar-refractivity contribution in [2.45, 2.75) is 34.6 Å². The molecule has 0 saturated heterocycles. The molecule has 23 heavy (non-hydrogen) atoms. The van der Waals surface area contributed by atoms with Crippen LogP contribution in [0.1, 0.15) is 33.4 Å². The third-order valence-electron chi connectivity index (χ3n) is 4.68. The molecule has 2 rings (SSSR count). The third-order valence-corrected chi connectivity index (χ3v) is 4.68. The smallest absolute Gasteiger partial charge is 0.270 e. The number of non-ortho nitro benzene ring substituents is 1. The molecule has 0 aliphatic heterocycles. The molecule has 0 atom stereocenters. The van der Waals surface area contributed by atoms with Crippen LogP contribution in [-0.2, 0) is 0 Å². The molecule has 0 amide bonds. The summed E-state index contributed by atoms with van der Waals surface area (Å²) < 4.78 is 0. The minimum absolute atomic E-state index is 0.0650. The van der Waals surface area contributed by atoms with Crippen LogP contribution in [0.15, 0.2) is 30.8 Å². The average Bonchev–Trinajstić information content (AvgIpc) is 2.55. The summed E-state index contributed by atoms with van der Waals surface area (Å²) in [5.74, 6) is 0. The van der Waals surface area contributed by atoms with Gasteiger partial charge in [-0.1, -0.05) is 18.7 Å². The predicted octanol–water partition coefficient (Wildman–Crippen LogP) is 5.22. The molecule has 1 N–H and O–H groups in total. The molecule has 0 fully saturated rings. The highest BCUT2D eigenvalue weighted by Crippen LogP contribution is 2.32. The second kappa shape index (κ2) is 6.24. The van der Waals surface area contributed by atoms with Gasteiger partial charge < -0.3 is 5.32 Å². The van der Waals surface area contributed by atoms with Crippen molar-refractivity contribution in [3.8, 4) is 0 Å². The van der Waals surface area contributed by atoms with Crippen molar-refractivity contribution < 1.29 is 4.92 Å². The van der Waals surface area contributed by atoms with Crippen molar-refractivity contribution in [2.24, 2.45) is 0 Å². The fourth-order valence-corrected chi connectivity index (χ4v) is 2.72. The Morgan fingerprint density at radius 1 is 1.00 bits per heavy atom. The Balaban J connectivity index is 2.42. The Kier molecular flexibility index (Phi) is 4.55. The number of nitrogens with zero attached hydrogens (tertiary/aromatic N) is 1. The van der Waals surface area contributed by atoms with E-state index < -0.39 is 4.92 Å². The first-order valence-electron chi connectivity index (χ1n) is 7.51. The standard InChI is InChI=1S/C19H22N2O2/c1-11-12(2)14(4)19(15(5)13(11)3)20-16(6)17-8-7-9-18(10-17)21(22)23/h7-10,20H,6H2,1-5H3. The van der Waals surface area contributed by atoms with E-state index in [4.69, 9.17) is 0 Å². The molecule has 120 valence electrons. The number of rotatable bonds is 4. The average molecular weight is 310 g/mol. The Labute approximate surface area is 137 Å². The number of anilines is 1. The molecule has 0 aromatic heterocycles. The maximum Gasteiger partial charge on any atom is 0.270 e. The van der Waals surface area contributed by atoms with Crippen LogP contribution < -0.4 is 5.32 Å². The molecule has 0 aliphatic rings. The lowest BCUT2D eigenvalue weighted by atomic mass is 9.92. The lowest BCUT2D eigenvalue weighted by molar-refractivity contribution is -0.384. The fourth-order valence-electron chi connectivity index (χ4n) is 2.72. The summed E-state index contributed by atoms with van der Waals surface area (Å²) in [6, 6.07) is 6.51. The molecular formula is C19H22N2O2. The van der Waals surface area contributed by atoms with Gasteiger partial charge in [-0.05, 0) is 62.4 Å². The van der Waals surface area contributed by atoms with Gasteiger partial charge >= 0.3 is 0 Å². The van der Waals surface area contributed by atoms with Crippen LogP contribution >= 0.6 is 0 Å². The molecule has 0 bridgehead atoms. The third kappa shape index (κ3) is 3.11. The van der Waals surface area contributed by atoms with Gasteiger partial charge in [-0.15, -0.1) is 0 Å². The topological polar surface area (TPSA) is 55.2 Å². The van der Waals surface area contributed by atoms with Gasteiger partial charge in [0.15, 0.2) is 0 Å². The molecule has 0 saturated carbocycles. The first-order chi connectivity index (χ1) is 10.7. The van der Waals surface area contributed by atoms with Crippen molar-refractivity contribution in [2.75, 3.05) is 5.32 Å². The molecule has 0 spiro atoms. The van der Waals surface area contributed by atoms with E-state index in [1.54, 1.807) is 6.07 Å². The number of nitrogens with one attached hydrogen (secondary N) is 1. The summed E-state index contributed by atoms with van der Waals surface area (Å²) in [6.45, 7) is 14.6. The number of nitro benzene ring substituents is 1. The van der Waals surface area contributed by atoms with E-state index in [9.17, 15) is 10.1 Å². The summed E-state index contributed by atoms with van der Waals surface area (Å²) in [7, 11) is 0. The highest BCUT2D eigenvalue weighted by atomic mass is 16.6. The second-order valence-electron chi connectivity index (χ2n) is 5.91. The molecule has 0 aliphatic carbocycles. The van der Waals surface area contributed by atoms with Gasteiger partial charge in [0.1, 0.15) is 0 Å². The summed E-state index contributed by atoms with van der Waals surface area (Å²) in [6.07, 6.45) is 0. The largest absolute Gasteiger partial charge is 0.355 e. The molecule has 4 nitrogen and oxygen atoms in total. The molecule has 0 unspecified atom stereocenters. The van der Waals surface area contributed by atoms with Gasteiger partial charge in [-0.3, -0.25) is 10.1 Å². The van der Waals surface area contributed by atoms with Crippen LogP contribution in [0, 0.1) is 44.7 Å². The van der Waals surface area contributed by atoms with Crippen molar-refractivity contribution in [1.29, 1.82) is 0 Å². The molecule has 0 heterocycles. The van der Waals surface area contributed by atoms with Crippen LogP contribution in [0.25, 0.3) is 5.70 Å². The maximum absolute atomic E-state index is 10.9. The van der Waals surface area contributed by atoms with Crippen molar-refractivity contribution in [1.82, 2.24) is 0 Å². The lowest BCUT2D eigenvalue weighted by Crippen LogP contribution is -2.06. The van der Waals surface area contributed by atoms with Crippen molar-refractivity contribution in [3.05, 3.63) is 74.3 Å². The summed E-state index contributed by atoms with van der Waals surface area (Å²) in [5, 5.41) is 14.3. The van der Waals surface area contributed by atoms with E-state index in [0.717, 1.165) is 5.69 Å². The van der Waals surface area contributed by atoms with Gasteiger partial charge in [-0.25, -0.2) is 0 Å². The quantitative estimate of drug-likeness (QED) is 0.622. The lowest BCUT2D eigenvalue weighted by Gasteiger charge is -2.21. The van der Waals surface area contributed by atoms with Crippen LogP contribution in [0.2, 0.25) is 0 Å². The monoisotopic (exact) mass is 310 g/mol. The summed E-state index contributed by atoms with van der Waals surface area (Å²) in [5.41, 5.74) is 8.62. The number of benzene rings is 2. The number of hydrogen-bond acceptors (Lipinski definition) is 3. The predicted molar refractivity (Wildman–Crippen MR) is 95.9 cm³/mol. The Bertz CT molecular complexity index is 778. The highest BCUT2D eigenvalue weighted by molar-refractivity contribution is 5.80. The summed E-state index contributed by atoms with van der Waals surface area (Å²) in [4.78, 5) is 10.5. The molecule has 2 aromatic carbocycles. The molecule has 0 radical (unpaired) electrons. The van der Waals surface area contributed by atoms with Crippen LogP contribution in [0.4, 0.5) is 11.4 Å². The van der Waals surface area contributed by atoms with E-state index in [1.807, 2.05) is 6.07 Å². The van der Waals surface area contributed by atoms with E-state index in [0.29, 0.717) is 11.3 Å². The van der Waals surface area contributed by atoms with Gasteiger partial charge in [0.25, 0.3) is 5.69 Å². The Morgan fingerprint density at radius 2 is 1.52 bits per heavy atom. The highest BCUT2D eigenvalue weighted by Gasteiger charge is 2.14. The zero-order chi connectivity index (χ0) is 17.3. The van der Waals surface area contributed by atoms with Crippen molar-refractivity contribution in [3.63, 3.8) is 0 Å². The van der Waals surface area contributed by atoms with E-state index in [2.05, 4.69) is 46.5 Å². The van der Waals surface area contributed by atoms with E-state index in [1.165, 1.54) is 39.9 Å². The minimum atomic E-state index is -0.395. The van der Waals surface area contributed by atoms with E-state index >= 15 is 0 Å². The van der Waals surface area contributed by atoms with Crippen molar-refractivity contribution >= 4 is 17.1 Å². The van der Waals surface area contributed by atoms with Gasteiger partial charge in [0.05, 0.1) is 4.92 Å². The fraction of sp³-hybridized carbons (Fsp3) is 0.263. The first-order valence-corrected chi connectivity index (χ1v) is 7.51.